The molecule has 0 saturated heterocycles. The van der Waals surface area contributed by atoms with E-state index in [1.165, 1.54) is 23.4 Å². The van der Waals surface area contributed by atoms with Crippen LogP contribution < -0.4 is 5.32 Å². The van der Waals surface area contributed by atoms with Crippen LogP contribution in [0.15, 0.2) is 48.7 Å². The molecule has 2 aromatic carbocycles. The summed E-state index contributed by atoms with van der Waals surface area (Å²) in [7, 11) is 1.72. The SMILES string of the molecule is CNc1c(C(=O)C(C)C)cnc2c(F)cccc12.Cc1ccc(CCO)cc1. The van der Waals surface area contributed by atoms with E-state index in [0.29, 0.717) is 16.6 Å². The molecule has 0 spiro atoms. The van der Waals surface area contributed by atoms with Crippen LogP contribution in [0, 0.1) is 18.7 Å². The molecule has 0 saturated carbocycles. The highest BCUT2D eigenvalue weighted by molar-refractivity contribution is 6.08. The maximum Gasteiger partial charge on any atom is 0.169 e. The largest absolute Gasteiger partial charge is 0.396 e. The molecule has 0 radical (unpaired) electrons. The fourth-order valence-electron chi connectivity index (χ4n) is 2.84. The molecule has 4 nitrogen and oxygen atoms in total. The van der Waals surface area contributed by atoms with Gasteiger partial charge < -0.3 is 10.4 Å². The van der Waals surface area contributed by atoms with Gasteiger partial charge in [0.25, 0.3) is 0 Å². The number of pyridine rings is 1. The maximum absolute atomic E-state index is 13.6. The number of halogens is 1. The Hall–Kier alpha value is -2.79. The summed E-state index contributed by atoms with van der Waals surface area (Å²) in [5.74, 6) is -0.504. The van der Waals surface area contributed by atoms with E-state index in [1.807, 2.05) is 26.0 Å². The minimum absolute atomic E-state index is 0.00184. The van der Waals surface area contributed by atoms with Crippen molar-refractivity contribution in [2.24, 2.45) is 5.92 Å². The summed E-state index contributed by atoms with van der Waals surface area (Å²) in [6, 6.07) is 12.9. The molecule has 0 aliphatic rings. The maximum atomic E-state index is 13.6. The number of fused-ring (bicyclic) bond motifs is 1. The van der Waals surface area contributed by atoms with Gasteiger partial charge in [0.1, 0.15) is 11.3 Å². The number of Topliss-reactive ketones (excluding diaryl/α,β-unsaturated/α-hetero) is 1. The summed E-state index contributed by atoms with van der Waals surface area (Å²) in [4.78, 5) is 16.1. The van der Waals surface area contributed by atoms with Gasteiger partial charge in [-0.3, -0.25) is 9.78 Å². The van der Waals surface area contributed by atoms with Crippen LogP contribution in [-0.2, 0) is 6.42 Å². The number of hydrogen-bond donors (Lipinski definition) is 2. The lowest BCUT2D eigenvalue weighted by atomic mass is 9.99. The second-order valence-corrected chi connectivity index (χ2v) is 6.91. The number of anilines is 1. The van der Waals surface area contributed by atoms with Gasteiger partial charge in [0.15, 0.2) is 5.78 Å². The molecule has 148 valence electrons. The highest BCUT2D eigenvalue weighted by Crippen LogP contribution is 2.28. The van der Waals surface area contributed by atoms with Crippen LogP contribution >= 0.6 is 0 Å². The summed E-state index contributed by atoms with van der Waals surface area (Å²) in [6.45, 7) is 5.96. The molecule has 1 aromatic heterocycles. The Morgan fingerprint density at radius 2 is 1.86 bits per heavy atom. The Morgan fingerprint density at radius 1 is 1.18 bits per heavy atom. The number of aromatic nitrogens is 1. The Labute approximate surface area is 165 Å². The number of nitrogens with zero attached hydrogens (tertiary/aromatic N) is 1. The summed E-state index contributed by atoms with van der Waals surface area (Å²) >= 11 is 0. The van der Waals surface area contributed by atoms with Gasteiger partial charge >= 0.3 is 0 Å². The van der Waals surface area contributed by atoms with E-state index in [0.717, 1.165) is 6.42 Å². The van der Waals surface area contributed by atoms with Crippen molar-refractivity contribution < 1.29 is 14.3 Å². The molecule has 1 heterocycles. The van der Waals surface area contributed by atoms with Gasteiger partial charge in [-0.05, 0) is 25.0 Å². The number of aliphatic hydroxyl groups excluding tert-OH is 1. The molecular weight excluding hydrogens is 355 g/mol. The van der Waals surface area contributed by atoms with Crippen molar-refractivity contribution in [2.75, 3.05) is 19.0 Å². The van der Waals surface area contributed by atoms with Crippen molar-refractivity contribution in [3.63, 3.8) is 0 Å². The highest BCUT2D eigenvalue weighted by atomic mass is 19.1. The number of carbonyl (C=O) groups is 1. The number of nitrogens with one attached hydrogen (secondary N) is 1. The molecule has 0 unspecified atom stereocenters. The summed E-state index contributed by atoms with van der Waals surface area (Å²) < 4.78 is 13.6. The number of benzene rings is 2. The van der Waals surface area contributed by atoms with E-state index >= 15 is 0 Å². The first-order valence-corrected chi connectivity index (χ1v) is 9.34. The topological polar surface area (TPSA) is 62.2 Å². The molecule has 0 aliphatic heterocycles. The van der Waals surface area contributed by atoms with Crippen molar-refractivity contribution in [1.82, 2.24) is 4.98 Å². The molecule has 0 atom stereocenters. The lowest BCUT2D eigenvalue weighted by Gasteiger charge is -2.13. The molecule has 0 fully saturated rings. The van der Waals surface area contributed by atoms with Crippen molar-refractivity contribution in [3.05, 3.63) is 71.2 Å². The molecule has 2 N–H and O–H groups in total. The van der Waals surface area contributed by atoms with E-state index < -0.39 is 0 Å². The number of rotatable bonds is 5. The van der Waals surface area contributed by atoms with E-state index in [2.05, 4.69) is 29.4 Å². The van der Waals surface area contributed by atoms with Crippen LogP contribution in [0.5, 0.6) is 0 Å². The smallest absolute Gasteiger partial charge is 0.169 e. The van der Waals surface area contributed by atoms with Crippen LogP contribution in [0.2, 0.25) is 0 Å². The molecule has 3 aromatic rings. The average molecular weight is 382 g/mol. The van der Waals surface area contributed by atoms with Crippen LogP contribution in [0.4, 0.5) is 10.1 Å². The predicted molar refractivity (Wildman–Crippen MR) is 112 cm³/mol. The number of carbonyl (C=O) groups excluding carboxylic acids is 1. The average Bonchev–Trinajstić information content (AvgIpc) is 2.69. The lowest BCUT2D eigenvalue weighted by Crippen LogP contribution is -2.11. The third-order valence-corrected chi connectivity index (χ3v) is 4.41. The van der Waals surface area contributed by atoms with Crippen LogP contribution in [0.25, 0.3) is 10.9 Å². The predicted octanol–water partition coefficient (Wildman–Crippen LogP) is 4.78. The van der Waals surface area contributed by atoms with Gasteiger partial charge in [0.2, 0.25) is 0 Å². The first kappa shape index (κ1) is 21.5. The van der Waals surface area contributed by atoms with Gasteiger partial charge in [-0.1, -0.05) is 55.8 Å². The van der Waals surface area contributed by atoms with E-state index in [-0.39, 0.29) is 29.6 Å². The highest BCUT2D eigenvalue weighted by Gasteiger charge is 2.18. The Balaban J connectivity index is 0.000000237. The third kappa shape index (κ3) is 5.14. The molecule has 28 heavy (non-hydrogen) atoms. The van der Waals surface area contributed by atoms with Crippen molar-refractivity contribution in [3.8, 4) is 0 Å². The second-order valence-electron chi connectivity index (χ2n) is 6.91. The molecule has 0 bridgehead atoms. The standard InChI is InChI=1S/C14H15FN2O.C9H12O/c1-8(2)14(18)10-7-17-13-9(12(10)16-3)5-4-6-11(13)15;1-8-2-4-9(5-3-8)6-7-10/h4-8H,1-3H3,(H,16,17);2-5,10H,6-7H2,1H3. The zero-order valence-corrected chi connectivity index (χ0v) is 16.8. The Kier molecular flexibility index (Phi) is 7.64. The summed E-state index contributed by atoms with van der Waals surface area (Å²) in [6.07, 6.45) is 2.21. The molecule has 5 heteroatoms. The van der Waals surface area contributed by atoms with Gasteiger partial charge in [-0.2, -0.15) is 0 Å². The summed E-state index contributed by atoms with van der Waals surface area (Å²) in [5, 5.41) is 12.2. The zero-order valence-electron chi connectivity index (χ0n) is 16.8. The quantitative estimate of drug-likeness (QED) is 0.623. The molecule has 3 rings (SSSR count). The van der Waals surface area contributed by atoms with Crippen molar-refractivity contribution in [2.45, 2.75) is 27.2 Å². The van der Waals surface area contributed by atoms with Crippen LogP contribution in [-0.4, -0.2) is 29.5 Å². The minimum Gasteiger partial charge on any atom is -0.396 e. The molecule has 0 amide bonds. The summed E-state index contributed by atoms with van der Waals surface area (Å²) in [5.41, 5.74) is 3.89. The Morgan fingerprint density at radius 3 is 2.43 bits per heavy atom. The van der Waals surface area contributed by atoms with Crippen LogP contribution in [0.3, 0.4) is 0 Å². The number of aryl methyl sites for hydroxylation is 1. The van der Waals surface area contributed by atoms with Gasteiger partial charge in [0.05, 0.1) is 11.3 Å². The normalized spacial score (nSPS) is 10.5. The second kappa shape index (κ2) is 9.95. The number of para-hydroxylation sites is 1. The minimum atomic E-state index is -0.382. The van der Waals surface area contributed by atoms with E-state index in [1.54, 1.807) is 19.2 Å². The molecular formula is C23H27FN2O2. The van der Waals surface area contributed by atoms with E-state index in [4.69, 9.17) is 5.11 Å². The first-order chi connectivity index (χ1) is 13.4. The molecule has 0 aliphatic carbocycles. The van der Waals surface area contributed by atoms with Crippen molar-refractivity contribution in [1.29, 1.82) is 0 Å². The third-order valence-electron chi connectivity index (χ3n) is 4.41. The fraction of sp³-hybridized carbons (Fsp3) is 0.304. The fourth-order valence-corrected chi connectivity index (χ4v) is 2.84. The van der Waals surface area contributed by atoms with Crippen LogP contribution in [0.1, 0.15) is 35.3 Å². The number of ketones is 1. The van der Waals surface area contributed by atoms with Gasteiger partial charge in [0, 0.05) is 31.2 Å². The van der Waals surface area contributed by atoms with Crippen molar-refractivity contribution >= 4 is 22.4 Å². The van der Waals surface area contributed by atoms with E-state index in [9.17, 15) is 9.18 Å². The Bertz CT molecular complexity index is 937. The monoisotopic (exact) mass is 382 g/mol. The van der Waals surface area contributed by atoms with Gasteiger partial charge in [-0.15, -0.1) is 0 Å². The zero-order chi connectivity index (χ0) is 20.7. The number of hydrogen-bond acceptors (Lipinski definition) is 4. The van der Waals surface area contributed by atoms with Gasteiger partial charge in [-0.25, -0.2) is 4.39 Å². The lowest BCUT2D eigenvalue weighted by molar-refractivity contribution is 0.0940. The first-order valence-electron chi connectivity index (χ1n) is 9.34. The number of aliphatic hydroxyl groups is 1.